The van der Waals surface area contributed by atoms with Crippen LogP contribution in [0.25, 0.3) is 11.0 Å². The van der Waals surface area contributed by atoms with E-state index in [1.54, 1.807) is 0 Å². The van der Waals surface area contributed by atoms with Crippen LogP contribution >= 0.6 is 0 Å². The van der Waals surface area contributed by atoms with E-state index < -0.39 is 0 Å². The van der Waals surface area contributed by atoms with Crippen molar-refractivity contribution in [3.8, 4) is 0 Å². The van der Waals surface area contributed by atoms with Gasteiger partial charge in [0.15, 0.2) is 0 Å². The Morgan fingerprint density at radius 2 is 2.04 bits per heavy atom. The fourth-order valence-electron chi connectivity index (χ4n) is 4.56. The highest BCUT2D eigenvalue weighted by Gasteiger charge is 2.30. The molecule has 0 bridgehead atoms. The number of carbonyl (C=O) groups excluding carboxylic acids is 1. The quantitative estimate of drug-likeness (QED) is 0.783. The number of imidazole rings is 1. The Balaban J connectivity index is 1.21. The number of hydrogen-bond acceptors (Lipinski definition) is 3. The number of H-pyrrole nitrogens is 1. The fourth-order valence-corrected chi connectivity index (χ4v) is 4.56. The zero-order valence-corrected chi connectivity index (χ0v) is 15.5. The molecule has 4 rings (SSSR count). The maximum Gasteiger partial charge on any atom is 0.224 e. The number of benzene rings is 1. The number of nitrogens with zero attached hydrogens (tertiary/aromatic N) is 2. The number of hydrogen-bond donors (Lipinski definition) is 2. The van der Waals surface area contributed by atoms with Crippen LogP contribution in [-0.4, -0.2) is 46.5 Å². The molecule has 26 heavy (non-hydrogen) atoms. The predicted octanol–water partition coefficient (Wildman–Crippen LogP) is 3.27. The minimum Gasteiger partial charge on any atom is -0.356 e. The van der Waals surface area contributed by atoms with E-state index in [1.807, 2.05) is 24.3 Å². The molecule has 1 saturated heterocycles. The average Bonchev–Trinajstić information content (AvgIpc) is 3.34. The van der Waals surface area contributed by atoms with Gasteiger partial charge in [0.25, 0.3) is 0 Å². The first kappa shape index (κ1) is 17.5. The standard InChI is InChI=1S/C21H30N4O/c26-21(16-7-6-14-25(15-16)17-8-1-2-9-17)22-13-5-12-20-23-18-10-3-4-11-19(18)24-20/h3-4,10-11,16-17H,1-2,5-9,12-15H2,(H,22,26)(H,23,24)/t16-/m1/s1. The van der Waals surface area contributed by atoms with Crippen molar-refractivity contribution in [2.75, 3.05) is 19.6 Å². The molecule has 2 heterocycles. The molecule has 2 aromatic rings. The summed E-state index contributed by atoms with van der Waals surface area (Å²) < 4.78 is 0. The molecule has 2 N–H and O–H groups in total. The lowest BCUT2D eigenvalue weighted by molar-refractivity contribution is -0.127. The number of rotatable bonds is 6. The van der Waals surface area contributed by atoms with E-state index in [2.05, 4.69) is 20.2 Å². The van der Waals surface area contributed by atoms with Crippen LogP contribution in [0.1, 0.15) is 50.8 Å². The van der Waals surface area contributed by atoms with Gasteiger partial charge < -0.3 is 10.3 Å². The Bertz CT molecular complexity index is 701. The smallest absolute Gasteiger partial charge is 0.224 e. The Morgan fingerprint density at radius 1 is 1.19 bits per heavy atom. The van der Waals surface area contributed by atoms with Gasteiger partial charge in [-0.2, -0.15) is 0 Å². The van der Waals surface area contributed by atoms with Crippen molar-refractivity contribution in [3.05, 3.63) is 30.1 Å². The average molecular weight is 354 g/mol. The van der Waals surface area contributed by atoms with Crippen LogP contribution in [0.4, 0.5) is 0 Å². The van der Waals surface area contributed by atoms with Gasteiger partial charge in [0, 0.05) is 25.6 Å². The number of aromatic amines is 1. The summed E-state index contributed by atoms with van der Waals surface area (Å²) in [7, 11) is 0. The molecule has 1 aromatic carbocycles. The van der Waals surface area contributed by atoms with E-state index in [0.717, 1.165) is 61.7 Å². The number of nitrogens with one attached hydrogen (secondary N) is 2. The molecule has 1 amide bonds. The van der Waals surface area contributed by atoms with Crippen LogP contribution in [-0.2, 0) is 11.2 Å². The van der Waals surface area contributed by atoms with Gasteiger partial charge in [-0.25, -0.2) is 4.98 Å². The number of likely N-dealkylation sites (tertiary alicyclic amines) is 1. The van der Waals surface area contributed by atoms with Gasteiger partial charge in [0.2, 0.25) is 5.91 Å². The molecular weight excluding hydrogens is 324 g/mol. The Kier molecular flexibility index (Phi) is 5.54. The van der Waals surface area contributed by atoms with E-state index >= 15 is 0 Å². The molecule has 1 saturated carbocycles. The lowest BCUT2D eigenvalue weighted by Gasteiger charge is -2.36. The normalized spacial score (nSPS) is 22.1. The third kappa shape index (κ3) is 4.09. The van der Waals surface area contributed by atoms with Crippen LogP contribution in [0.2, 0.25) is 0 Å². The van der Waals surface area contributed by atoms with Gasteiger partial charge in [-0.1, -0.05) is 25.0 Å². The Hall–Kier alpha value is -1.88. The third-order valence-electron chi connectivity index (χ3n) is 5.99. The number of aromatic nitrogens is 2. The minimum atomic E-state index is 0.176. The number of carbonyl (C=O) groups is 1. The zero-order valence-electron chi connectivity index (χ0n) is 15.5. The molecule has 5 nitrogen and oxygen atoms in total. The second-order valence-corrected chi connectivity index (χ2v) is 7.87. The molecule has 1 aliphatic heterocycles. The maximum atomic E-state index is 12.5. The summed E-state index contributed by atoms with van der Waals surface area (Å²) in [6.07, 6.45) is 9.36. The van der Waals surface area contributed by atoms with Crippen molar-refractivity contribution >= 4 is 16.9 Å². The molecule has 2 fully saturated rings. The maximum absolute atomic E-state index is 12.5. The molecular formula is C21H30N4O. The molecule has 1 aliphatic carbocycles. The van der Waals surface area contributed by atoms with Crippen molar-refractivity contribution in [2.45, 2.75) is 57.4 Å². The second-order valence-electron chi connectivity index (χ2n) is 7.87. The molecule has 2 aliphatic rings. The van der Waals surface area contributed by atoms with E-state index in [4.69, 9.17) is 0 Å². The van der Waals surface area contributed by atoms with Crippen LogP contribution in [0.15, 0.2) is 24.3 Å². The summed E-state index contributed by atoms with van der Waals surface area (Å²) >= 11 is 0. The molecule has 140 valence electrons. The highest BCUT2D eigenvalue weighted by molar-refractivity contribution is 5.79. The van der Waals surface area contributed by atoms with Crippen molar-refractivity contribution < 1.29 is 4.79 Å². The van der Waals surface area contributed by atoms with Crippen molar-refractivity contribution in [1.82, 2.24) is 20.2 Å². The van der Waals surface area contributed by atoms with Crippen LogP contribution in [0, 0.1) is 5.92 Å². The molecule has 0 spiro atoms. The van der Waals surface area contributed by atoms with Gasteiger partial charge in [-0.15, -0.1) is 0 Å². The van der Waals surface area contributed by atoms with E-state index in [9.17, 15) is 4.79 Å². The van der Waals surface area contributed by atoms with Crippen molar-refractivity contribution in [2.24, 2.45) is 5.92 Å². The zero-order chi connectivity index (χ0) is 17.8. The first-order chi connectivity index (χ1) is 12.8. The third-order valence-corrected chi connectivity index (χ3v) is 5.99. The number of fused-ring (bicyclic) bond motifs is 1. The molecule has 5 heteroatoms. The van der Waals surface area contributed by atoms with Gasteiger partial charge >= 0.3 is 0 Å². The molecule has 1 atom stereocenters. The number of piperidine rings is 1. The number of aryl methyl sites for hydroxylation is 1. The van der Waals surface area contributed by atoms with Crippen molar-refractivity contribution in [1.29, 1.82) is 0 Å². The summed E-state index contributed by atoms with van der Waals surface area (Å²) in [5, 5.41) is 3.16. The van der Waals surface area contributed by atoms with Gasteiger partial charge in [-0.3, -0.25) is 9.69 Å². The largest absolute Gasteiger partial charge is 0.356 e. The van der Waals surface area contributed by atoms with E-state index in [1.165, 1.54) is 32.2 Å². The number of amides is 1. The molecule has 0 unspecified atom stereocenters. The highest BCUT2D eigenvalue weighted by atomic mass is 16.1. The molecule has 0 radical (unpaired) electrons. The topological polar surface area (TPSA) is 61.0 Å². The summed E-state index contributed by atoms with van der Waals surface area (Å²) in [5.41, 5.74) is 2.10. The van der Waals surface area contributed by atoms with Gasteiger partial charge in [0.05, 0.1) is 17.0 Å². The predicted molar refractivity (Wildman–Crippen MR) is 104 cm³/mol. The van der Waals surface area contributed by atoms with Crippen LogP contribution < -0.4 is 5.32 Å². The Labute approximate surface area is 155 Å². The first-order valence-corrected chi connectivity index (χ1v) is 10.2. The minimum absolute atomic E-state index is 0.176. The molecule has 1 aromatic heterocycles. The van der Waals surface area contributed by atoms with E-state index in [-0.39, 0.29) is 11.8 Å². The van der Waals surface area contributed by atoms with E-state index in [0.29, 0.717) is 0 Å². The Morgan fingerprint density at radius 3 is 2.88 bits per heavy atom. The van der Waals surface area contributed by atoms with Crippen molar-refractivity contribution in [3.63, 3.8) is 0 Å². The summed E-state index contributed by atoms with van der Waals surface area (Å²) in [4.78, 5) is 23.1. The summed E-state index contributed by atoms with van der Waals surface area (Å²) in [6.45, 7) is 2.87. The second kappa shape index (κ2) is 8.21. The highest BCUT2D eigenvalue weighted by Crippen LogP contribution is 2.28. The van der Waals surface area contributed by atoms with Gasteiger partial charge in [-0.05, 0) is 50.8 Å². The SMILES string of the molecule is O=C(NCCCc1nc2ccccc2[nH]1)[C@@H]1CCCN(C2CCCC2)C1. The number of para-hydroxylation sites is 2. The van der Waals surface area contributed by atoms with Crippen LogP contribution in [0.3, 0.4) is 0 Å². The van der Waals surface area contributed by atoms with Crippen LogP contribution in [0.5, 0.6) is 0 Å². The summed E-state index contributed by atoms with van der Waals surface area (Å²) in [5.74, 6) is 1.43. The summed E-state index contributed by atoms with van der Waals surface area (Å²) in [6, 6.07) is 8.83. The van der Waals surface area contributed by atoms with Gasteiger partial charge in [0.1, 0.15) is 5.82 Å². The fraction of sp³-hybridized carbons (Fsp3) is 0.619. The first-order valence-electron chi connectivity index (χ1n) is 10.2. The lowest BCUT2D eigenvalue weighted by Crippen LogP contribution is -2.46. The monoisotopic (exact) mass is 354 g/mol. The lowest BCUT2D eigenvalue weighted by atomic mass is 9.95.